The molecule has 25 heavy (non-hydrogen) atoms. The molecule has 0 unspecified atom stereocenters. The van der Waals surface area contributed by atoms with Gasteiger partial charge in [0.05, 0.1) is 15.1 Å². The molecule has 0 N–H and O–H groups in total. The number of rotatable bonds is 4. The van der Waals surface area contributed by atoms with Gasteiger partial charge in [-0.1, -0.05) is 22.6 Å². The van der Waals surface area contributed by atoms with Crippen LogP contribution < -0.4 is 4.80 Å². The molecule has 1 amide bonds. The van der Waals surface area contributed by atoms with E-state index in [4.69, 9.17) is 4.52 Å². The van der Waals surface area contributed by atoms with Crippen molar-refractivity contribution in [3.05, 3.63) is 53.2 Å². The van der Waals surface area contributed by atoms with Gasteiger partial charge in [0.25, 0.3) is 0 Å². The molecule has 0 saturated heterocycles. The maximum absolute atomic E-state index is 12.3. The number of hydrogen-bond acceptors (Lipinski definition) is 6. The van der Waals surface area contributed by atoms with Crippen LogP contribution in [-0.2, 0) is 16.4 Å². The van der Waals surface area contributed by atoms with Gasteiger partial charge in [-0.25, -0.2) is 8.42 Å². The van der Waals surface area contributed by atoms with Crippen LogP contribution in [0.2, 0.25) is 0 Å². The zero-order valence-electron chi connectivity index (χ0n) is 13.6. The van der Waals surface area contributed by atoms with Gasteiger partial charge in [0.2, 0.25) is 0 Å². The summed E-state index contributed by atoms with van der Waals surface area (Å²) in [6.45, 7) is 5.84. The third-order valence-electron chi connectivity index (χ3n) is 3.44. The number of sulfone groups is 1. The first-order valence-corrected chi connectivity index (χ1v) is 9.97. The Hall–Kier alpha value is -2.52. The minimum atomic E-state index is -3.32. The van der Waals surface area contributed by atoms with Crippen molar-refractivity contribution >= 4 is 37.3 Å². The van der Waals surface area contributed by atoms with E-state index < -0.39 is 15.7 Å². The summed E-state index contributed by atoms with van der Waals surface area (Å²) in [6, 6.07) is 6.34. The van der Waals surface area contributed by atoms with Crippen molar-refractivity contribution in [2.24, 2.45) is 4.99 Å². The molecular weight excluding hydrogens is 362 g/mol. The van der Waals surface area contributed by atoms with Crippen molar-refractivity contribution in [3.63, 3.8) is 0 Å². The lowest BCUT2D eigenvalue weighted by Crippen LogP contribution is -2.16. The Morgan fingerprint density at radius 2 is 2.20 bits per heavy atom. The van der Waals surface area contributed by atoms with E-state index in [1.807, 2.05) is 0 Å². The molecule has 9 heteroatoms. The summed E-state index contributed by atoms with van der Waals surface area (Å²) in [5.74, 6) is -0.00351. The van der Waals surface area contributed by atoms with Crippen molar-refractivity contribution in [2.45, 2.75) is 18.4 Å². The predicted octanol–water partition coefficient (Wildman–Crippen LogP) is 2.33. The standard InChI is InChI=1S/C16H15N3O4S2/c1-4-7-19-13-6-5-11(25(3,21)22)9-14(13)24-16(19)17-15(20)12-8-10(2)23-18-12/h4-6,8-9H,1,7H2,2-3H3. The Balaban J connectivity index is 2.19. The number of allylic oxidation sites excluding steroid dienone is 1. The lowest BCUT2D eigenvalue weighted by atomic mass is 10.3. The molecule has 7 nitrogen and oxygen atoms in total. The van der Waals surface area contributed by atoms with E-state index in [1.54, 1.807) is 29.7 Å². The fourth-order valence-corrected chi connectivity index (χ4v) is 4.09. The van der Waals surface area contributed by atoms with Gasteiger partial charge >= 0.3 is 5.91 Å². The minimum absolute atomic E-state index is 0.122. The minimum Gasteiger partial charge on any atom is -0.361 e. The van der Waals surface area contributed by atoms with Crippen LogP contribution >= 0.6 is 11.3 Å². The molecule has 3 rings (SSSR count). The first-order chi connectivity index (χ1) is 11.8. The van der Waals surface area contributed by atoms with Crippen LogP contribution in [0.4, 0.5) is 0 Å². The van der Waals surface area contributed by atoms with Crippen molar-refractivity contribution < 1.29 is 17.7 Å². The fraction of sp³-hybridized carbons (Fsp3) is 0.188. The summed E-state index contributed by atoms with van der Waals surface area (Å²) >= 11 is 1.23. The summed E-state index contributed by atoms with van der Waals surface area (Å²) in [6.07, 6.45) is 2.83. The third kappa shape index (κ3) is 3.47. The van der Waals surface area contributed by atoms with Gasteiger partial charge in [0.15, 0.2) is 20.3 Å². The number of aromatic nitrogens is 2. The van der Waals surface area contributed by atoms with Gasteiger partial charge in [-0.2, -0.15) is 4.99 Å². The second kappa shape index (κ2) is 6.41. The average Bonchev–Trinajstić information content (AvgIpc) is 3.11. The van der Waals surface area contributed by atoms with Crippen molar-refractivity contribution in [3.8, 4) is 0 Å². The highest BCUT2D eigenvalue weighted by molar-refractivity contribution is 7.90. The van der Waals surface area contributed by atoms with Gasteiger partial charge in [-0.3, -0.25) is 4.79 Å². The largest absolute Gasteiger partial charge is 0.361 e. The van der Waals surface area contributed by atoms with Crippen molar-refractivity contribution in [2.75, 3.05) is 6.26 Å². The molecular formula is C16H15N3O4S2. The summed E-state index contributed by atoms with van der Waals surface area (Å²) < 4.78 is 30.9. The number of carbonyl (C=O) groups excluding carboxylic acids is 1. The highest BCUT2D eigenvalue weighted by atomic mass is 32.2. The summed E-state index contributed by atoms with van der Waals surface area (Å²) in [7, 11) is -3.32. The molecule has 130 valence electrons. The molecule has 0 fully saturated rings. The topological polar surface area (TPSA) is 94.5 Å². The van der Waals surface area contributed by atoms with Crippen molar-refractivity contribution in [1.82, 2.24) is 9.72 Å². The second-order valence-electron chi connectivity index (χ2n) is 5.43. The molecule has 3 aromatic rings. The van der Waals surface area contributed by atoms with Crippen LogP contribution in [-0.4, -0.2) is 30.3 Å². The van der Waals surface area contributed by atoms with E-state index >= 15 is 0 Å². The van der Waals surface area contributed by atoms with Crippen LogP contribution in [0.5, 0.6) is 0 Å². The fourth-order valence-electron chi connectivity index (χ4n) is 2.29. The molecule has 0 aliphatic heterocycles. The molecule has 1 aromatic carbocycles. The summed E-state index contributed by atoms with van der Waals surface area (Å²) in [4.78, 5) is 17.0. The first kappa shape index (κ1) is 17.3. The van der Waals surface area contributed by atoms with Crippen LogP contribution in [0.15, 0.2) is 51.3 Å². The molecule has 2 aromatic heterocycles. The molecule has 0 radical (unpaired) electrons. The monoisotopic (exact) mass is 377 g/mol. The van der Waals surface area contributed by atoms with Gasteiger partial charge < -0.3 is 9.09 Å². The average molecular weight is 377 g/mol. The van der Waals surface area contributed by atoms with Gasteiger partial charge in [0.1, 0.15) is 5.76 Å². The first-order valence-electron chi connectivity index (χ1n) is 7.26. The number of fused-ring (bicyclic) bond motifs is 1. The van der Waals surface area contributed by atoms with E-state index in [1.165, 1.54) is 23.5 Å². The van der Waals surface area contributed by atoms with Gasteiger partial charge in [0, 0.05) is 18.9 Å². The van der Waals surface area contributed by atoms with Crippen molar-refractivity contribution in [1.29, 1.82) is 0 Å². The molecule has 0 bridgehead atoms. The smallest absolute Gasteiger partial charge is 0.301 e. The van der Waals surface area contributed by atoms with E-state index in [9.17, 15) is 13.2 Å². The molecule has 0 saturated carbocycles. The Bertz CT molecular complexity index is 1150. The molecule has 0 aliphatic rings. The number of amides is 1. The quantitative estimate of drug-likeness (QED) is 0.651. The normalized spacial score (nSPS) is 12.6. The Morgan fingerprint density at radius 1 is 1.44 bits per heavy atom. The molecule has 0 spiro atoms. The summed E-state index contributed by atoms with van der Waals surface area (Å²) in [5, 5.41) is 3.67. The zero-order chi connectivity index (χ0) is 18.2. The summed E-state index contributed by atoms with van der Waals surface area (Å²) in [5.41, 5.74) is 0.900. The Morgan fingerprint density at radius 3 is 2.80 bits per heavy atom. The maximum atomic E-state index is 12.3. The number of aryl methyl sites for hydroxylation is 1. The highest BCUT2D eigenvalue weighted by Gasteiger charge is 2.14. The van der Waals surface area contributed by atoms with E-state index in [-0.39, 0.29) is 10.6 Å². The van der Waals surface area contributed by atoms with Crippen LogP contribution in [0.1, 0.15) is 16.2 Å². The van der Waals surface area contributed by atoms with Crippen LogP contribution in [0.3, 0.4) is 0 Å². The number of carbonyl (C=O) groups is 1. The number of hydrogen-bond donors (Lipinski definition) is 0. The maximum Gasteiger partial charge on any atom is 0.301 e. The number of thiazole rings is 1. The molecule has 0 aliphatic carbocycles. The Labute approximate surface area is 147 Å². The van der Waals surface area contributed by atoms with Gasteiger partial charge in [-0.15, -0.1) is 6.58 Å². The van der Waals surface area contributed by atoms with Crippen LogP contribution in [0.25, 0.3) is 10.2 Å². The highest BCUT2D eigenvalue weighted by Crippen LogP contribution is 2.22. The molecule has 2 heterocycles. The number of benzene rings is 1. The number of nitrogens with zero attached hydrogens (tertiary/aromatic N) is 3. The van der Waals surface area contributed by atoms with Crippen LogP contribution in [0, 0.1) is 6.92 Å². The predicted molar refractivity (Wildman–Crippen MR) is 94.3 cm³/mol. The van der Waals surface area contributed by atoms with E-state index in [2.05, 4.69) is 16.7 Å². The third-order valence-corrected chi connectivity index (χ3v) is 5.59. The van der Waals surface area contributed by atoms with E-state index in [0.29, 0.717) is 21.8 Å². The second-order valence-corrected chi connectivity index (χ2v) is 8.45. The lowest BCUT2D eigenvalue weighted by Gasteiger charge is -2.02. The zero-order valence-corrected chi connectivity index (χ0v) is 15.2. The van der Waals surface area contributed by atoms with Gasteiger partial charge in [-0.05, 0) is 25.1 Å². The Kier molecular flexibility index (Phi) is 4.44. The van der Waals surface area contributed by atoms with E-state index in [0.717, 1.165) is 11.8 Å². The molecule has 0 atom stereocenters. The lowest BCUT2D eigenvalue weighted by molar-refractivity contribution is 0.0989. The SMILES string of the molecule is C=CCn1c(=NC(=O)c2cc(C)on2)sc2cc(S(C)(=O)=O)ccc21.